The number of nitrogens with one attached hydrogen (secondary N) is 1. The van der Waals surface area contributed by atoms with E-state index in [2.05, 4.69) is 12.2 Å². The fourth-order valence-corrected chi connectivity index (χ4v) is 3.06. The molecule has 1 aromatic carbocycles. The lowest BCUT2D eigenvalue weighted by atomic mass is 10.0. The molecule has 0 aliphatic heterocycles. The summed E-state index contributed by atoms with van der Waals surface area (Å²) in [6, 6.07) is 3.67. The smallest absolute Gasteiger partial charge is 0.160 e. The molecule has 1 nitrogen and oxygen atoms in total. The quantitative estimate of drug-likeness (QED) is 0.755. The lowest BCUT2D eigenvalue weighted by molar-refractivity contribution is 0.489. The Bertz CT molecular complexity index is 385. The molecule has 0 saturated heterocycles. The van der Waals surface area contributed by atoms with Gasteiger partial charge in [-0.15, -0.1) is 0 Å². The topological polar surface area (TPSA) is 12.0 Å². The van der Waals surface area contributed by atoms with Gasteiger partial charge in [-0.1, -0.05) is 43.0 Å². The number of hydrogen-bond donors (Lipinski definition) is 1. The van der Waals surface area contributed by atoms with Crippen LogP contribution in [0.2, 0.25) is 10.0 Å². The normalized spacial score (nSPS) is 24.0. The predicted octanol–water partition coefficient (Wildman–Crippen LogP) is 5.12. The van der Waals surface area contributed by atoms with Crippen molar-refractivity contribution in [3.63, 3.8) is 0 Å². The van der Waals surface area contributed by atoms with Crippen molar-refractivity contribution in [1.29, 1.82) is 0 Å². The molecule has 1 saturated carbocycles. The van der Waals surface area contributed by atoms with Crippen LogP contribution in [0.25, 0.3) is 0 Å². The summed E-state index contributed by atoms with van der Waals surface area (Å²) >= 11 is 11.6. The minimum atomic E-state index is -0.544. The van der Waals surface area contributed by atoms with E-state index in [1.54, 1.807) is 12.1 Å². The Morgan fingerprint density at radius 1 is 1.29 bits per heavy atom. The van der Waals surface area contributed by atoms with Crippen LogP contribution in [0.5, 0.6) is 0 Å². The lowest BCUT2D eigenvalue weighted by Crippen LogP contribution is -2.23. The highest BCUT2D eigenvalue weighted by Crippen LogP contribution is 2.33. The largest absolute Gasteiger partial charge is 0.382 e. The number of anilines is 1. The molecule has 2 rings (SSSR count). The van der Waals surface area contributed by atoms with Crippen molar-refractivity contribution in [2.45, 2.75) is 38.6 Å². The fourth-order valence-electron chi connectivity index (χ4n) is 2.57. The average Bonchev–Trinajstić information content (AvgIpc) is 2.73. The van der Waals surface area contributed by atoms with Gasteiger partial charge in [-0.2, -0.15) is 0 Å². The SMILES string of the molecule is CCC1CCCC1Nc1cc(Cl)c(F)c(Cl)c1. The van der Waals surface area contributed by atoms with Gasteiger partial charge in [0.05, 0.1) is 10.0 Å². The van der Waals surface area contributed by atoms with Gasteiger partial charge in [0.15, 0.2) is 5.82 Å². The summed E-state index contributed by atoms with van der Waals surface area (Å²) < 4.78 is 13.3. The van der Waals surface area contributed by atoms with Gasteiger partial charge >= 0.3 is 0 Å². The van der Waals surface area contributed by atoms with Crippen LogP contribution in [-0.4, -0.2) is 6.04 Å². The highest BCUT2D eigenvalue weighted by Gasteiger charge is 2.25. The van der Waals surface area contributed by atoms with Crippen LogP contribution in [0.3, 0.4) is 0 Å². The average molecular weight is 276 g/mol. The Morgan fingerprint density at radius 3 is 2.53 bits per heavy atom. The molecule has 94 valence electrons. The number of hydrogen-bond acceptors (Lipinski definition) is 1. The molecule has 0 spiro atoms. The third-order valence-electron chi connectivity index (χ3n) is 3.52. The van der Waals surface area contributed by atoms with Crippen LogP contribution < -0.4 is 5.32 Å². The summed E-state index contributed by atoms with van der Waals surface area (Å²) in [7, 11) is 0. The maximum atomic E-state index is 13.3. The summed E-state index contributed by atoms with van der Waals surface area (Å²) in [5.41, 5.74) is 0.812. The first-order valence-corrected chi connectivity index (χ1v) is 6.78. The number of benzene rings is 1. The highest BCUT2D eigenvalue weighted by atomic mass is 35.5. The summed E-state index contributed by atoms with van der Waals surface area (Å²) in [6.45, 7) is 2.20. The van der Waals surface area contributed by atoms with E-state index in [-0.39, 0.29) is 10.0 Å². The van der Waals surface area contributed by atoms with Crippen molar-refractivity contribution in [1.82, 2.24) is 0 Å². The predicted molar refractivity (Wildman–Crippen MR) is 71.5 cm³/mol. The van der Waals surface area contributed by atoms with Gasteiger partial charge in [-0.25, -0.2) is 4.39 Å². The van der Waals surface area contributed by atoms with E-state index in [1.807, 2.05) is 0 Å². The zero-order chi connectivity index (χ0) is 12.4. The van der Waals surface area contributed by atoms with Crippen LogP contribution in [0.15, 0.2) is 12.1 Å². The van der Waals surface area contributed by atoms with Gasteiger partial charge < -0.3 is 5.32 Å². The molecule has 1 fully saturated rings. The first-order valence-electron chi connectivity index (χ1n) is 6.03. The van der Waals surface area contributed by atoms with E-state index < -0.39 is 5.82 Å². The van der Waals surface area contributed by atoms with Gasteiger partial charge in [-0.3, -0.25) is 0 Å². The zero-order valence-corrected chi connectivity index (χ0v) is 11.3. The van der Waals surface area contributed by atoms with Gasteiger partial charge in [0.2, 0.25) is 0 Å². The van der Waals surface area contributed by atoms with Crippen molar-refractivity contribution >= 4 is 28.9 Å². The Kier molecular flexibility index (Phi) is 4.16. The van der Waals surface area contributed by atoms with Crippen LogP contribution in [-0.2, 0) is 0 Å². The Labute approximate surface area is 111 Å². The zero-order valence-electron chi connectivity index (χ0n) is 9.77. The Balaban J connectivity index is 2.13. The van der Waals surface area contributed by atoms with Crippen LogP contribution in [0.4, 0.5) is 10.1 Å². The molecule has 2 atom stereocenters. The van der Waals surface area contributed by atoms with Crippen molar-refractivity contribution in [3.05, 3.63) is 28.0 Å². The molecule has 4 heteroatoms. The highest BCUT2D eigenvalue weighted by molar-refractivity contribution is 6.35. The van der Waals surface area contributed by atoms with Gasteiger partial charge in [0.1, 0.15) is 0 Å². The summed E-state index contributed by atoms with van der Waals surface area (Å²) in [5.74, 6) is 0.148. The second-order valence-corrected chi connectivity index (χ2v) is 5.42. The van der Waals surface area contributed by atoms with Gasteiger partial charge in [-0.05, 0) is 30.9 Å². The summed E-state index contributed by atoms with van der Waals surface area (Å²) in [5, 5.41) is 3.57. The molecule has 0 amide bonds. The van der Waals surface area contributed by atoms with E-state index in [0.29, 0.717) is 12.0 Å². The molecule has 1 aliphatic carbocycles. The molecule has 1 aliphatic rings. The monoisotopic (exact) mass is 275 g/mol. The molecular formula is C13H16Cl2FN. The molecule has 0 radical (unpaired) electrons. The molecule has 1 N–H and O–H groups in total. The maximum absolute atomic E-state index is 13.3. The molecule has 1 aromatic rings. The lowest BCUT2D eigenvalue weighted by Gasteiger charge is -2.21. The maximum Gasteiger partial charge on any atom is 0.160 e. The van der Waals surface area contributed by atoms with Crippen molar-refractivity contribution in [2.75, 3.05) is 5.32 Å². The van der Waals surface area contributed by atoms with E-state index in [9.17, 15) is 4.39 Å². The molecule has 17 heavy (non-hydrogen) atoms. The second kappa shape index (κ2) is 5.45. The third-order valence-corrected chi connectivity index (χ3v) is 4.07. The van der Waals surface area contributed by atoms with Crippen LogP contribution in [0, 0.1) is 11.7 Å². The van der Waals surface area contributed by atoms with E-state index >= 15 is 0 Å². The molecule has 0 aromatic heterocycles. The van der Waals surface area contributed by atoms with Gasteiger partial charge in [0, 0.05) is 11.7 Å². The minimum absolute atomic E-state index is 0.0750. The summed E-state index contributed by atoms with van der Waals surface area (Å²) in [6.07, 6.45) is 4.83. The standard InChI is InChI=1S/C13H16Cl2FN/c1-2-8-4-3-5-12(8)17-9-6-10(14)13(16)11(15)7-9/h6-8,12,17H,2-5H2,1H3. The number of rotatable bonds is 3. The molecule has 0 bridgehead atoms. The molecule has 0 heterocycles. The van der Waals surface area contributed by atoms with E-state index in [1.165, 1.54) is 19.3 Å². The minimum Gasteiger partial charge on any atom is -0.382 e. The van der Waals surface area contributed by atoms with E-state index in [0.717, 1.165) is 12.1 Å². The fraction of sp³-hybridized carbons (Fsp3) is 0.538. The van der Waals surface area contributed by atoms with E-state index in [4.69, 9.17) is 23.2 Å². The van der Waals surface area contributed by atoms with Crippen molar-refractivity contribution in [3.8, 4) is 0 Å². The number of halogens is 3. The first-order chi connectivity index (χ1) is 8.11. The van der Waals surface area contributed by atoms with Gasteiger partial charge in [0.25, 0.3) is 0 Å². The molecule has 2 unspecified atom stereocenters. The van der Waals surface area contributed by atoms with Crippen molar-refractivity contribution < 1.29 is 4.39 Å². The second-order valence-electron chi connectivity index (χ2n) is 4.60. The van der Waals surface area contributed by atoms with Crippen LogP contribution >= 0.6 is 23.2 Å². The Morgan fingerprint density at radius 2 is 1.94 bits per heavy atom. The first kappa shape index (κ1) is 13.0. The summed E-state index contributed by atoms with van der Waals surface area (Å²) in [4.78, 5) is 0. The molecular weight excluding hydrogens is 260 g/mol. The van der Waals surface area contributed by atoms with Crippen molar-refractivity contribution in [2.24, 2.45) is 5.92 Å². The third kappa shape index (κ3) is 2.86. The van der Waals surface area contributed by atoms with Crippen LogP contribution in [0.1, 0.15) is 32.6 Å². The Hall–Kier alpha value is -0.470.